The van der Waals surface area contributed by atoms with Crippen molar-refractivity contribution in [2.45, 2.75) is 14.9 Å². The van der Waals surface area contributed by atoms with Crippen molar-refractivity contribution in [3.05, 3.63) is 70.1 Å². The number of benzene rings is 2. The number of methoxy groups -OCH3 is 1. The van der Waals surface area contributed by atoms with E-state index in [2.05, 4.69) is 15.3 Å². The van der Waals surface area contributed by atoms with E-state index in [1.165, 1.54) is 24.3 Å². The van der Waals surface area contributed by atoms with Crippen LogP contribution in [0.4, 0.5) is 5.69 Å². The first kappa shape index (κ1) is 21.9. The van der Waals surface area contributed by atoms with Crippen molar-refractivity contribution < 1.29 is 17.9 Å². The average Bonchev–Trinajstić information content (AvgIpc) is 2.72. The molecule has 2 N–H and O–H groups in total. The number of H-pyrrole nitrogens is 1. The molecular weight excluding hydrogens is 450 g/mol. The monoisotopic (exact) mass is 465 g/mol. The van der Waals surface area contributed by atoms with Gasteiger partial charge in [-0.2, -0.15) is 0 Å². The van der Waals surface area contributed by atoms with Crippen LogP contribution in [-0.4, -0.2) is 37.2 Å². The van der Waals surface area contributed by atoms with Crippen LogP contribution in [0.5, 0.6) is 5.75 Å². The van der Waals surface area contributed by atoms with Crippen LogP contribution in [0.3, 0.4) is 0 Å². The van der Waals surface area contributed by atoms with Crippen LogP contribution in [0.1, 0.15) is 0 Å². The maximum absolute atomic E-state index is 12.6. The molecule has 0 fully saturated rings. The second-order valence-corrected chi connectivity index (χ2v) is 9.23. The third-order valence-electron chi connectivity index (χ3n) is 3.85. The summed E-state index contributed by atoms with van der Waals surface area (Å²) >= 11 is 6.80. The smallest absolute Gasteiger partial charge is 0.270 e. The van der Waals surface area contributed by atoms with Crippen molar-refractivity contribution in [2.24, 2.45) is 0 Å². The summed E-state index contributed by atoms with van der Waals surface area (Å²) in [5.74, 6) is 0.315. The number of nitrogens with one attached hydrogen (secondary N) is 2. The first-order chi connectivity index (χ1) is 14.3. The van der Waals surface area contributed by atoms with Crippen molar-refractivity contribution in [2.75, 3.05) is 18.2 Å². The van der Waals surface area contributed by atoms with Crippen molar-refractivity contribution >= 4 is 44.8 Å². The zero-order valence-corrected chi connectivity index (χ0v) is 18.0. The van der Waals surface area contributed by atoms with Crippen LogP contribution in [0.2, 0.25) is 5.02 Å². The predicted molar refractivity (Wildman–Crippen MR) is 114 cm³/mol. The summed E-state index contributed by atoms with van der Waals surface area (Å²) in [6.45, 7) is 0. The highest BCUT2D eigenvalue weighted by molar-refractivity contribution is 7.99. The number of sulfone groups is 1. The van der Waals surface area contributed by atoms with Gasteiger partial charge in [0.2, 0.25) is 15.7 Å². The molecule has 0 aliphatic heterocycles. The number of aromatic amines is 1. The van der Waals surface area contributed by atoms with Gasteiger partial charge in [-0.1, -0.05) is 29.4 Å². The van der Waals surface area contributed by atoms with Crippen molar-refractivity contribution in [3.8, 4) is 5.75 Å². The van der Waals surface area contributed by atoms with E-state index in [0.717, 1.165) is 18.0 Å². The minimum atomic E-state index is -4.08. The Bertz CT molecular complexity index is 1230. The number of rotatable bonds is 7. The van der Waals surface area contributed by atoms with E-state index >= 15 is 0 Å². The second kappa shape index (κ2) is 9.33. The van der Waals surface area contributed by atoms with E-state index in [-0.39, 0.29) is 26.7 Å². The van der Waals surface area contributed by atoms with Gasteiger partial charge >= 0.3 is 0 Å². The molecule has 1 heterocycles. The van der Waals surface area contributed by atoms with Crippen molar-refractivity contribution in [1.82, 2.24) is 9.97 Å². The molecule has 3 rings (SSSR count). The summed E-state index contributed by atoms with van der Waals surface area (Å²) in [7, 11) is -2.53. The molecule has 30 heavy (non-hydrogen) atoms. The second-order valence-electron chi connectivity index (χ2n) is 5.91. The van der Waals surface area contributed by atoms with Gasteiger partial charge < -0.3 is 15.0 Å². The first-order valence-corrected chi connectivity index (χ1v) is 11.3. The first-order valence-electron chi connectivity index (χ1n) is 8.46. The summed E-state index contributed by atoms with van der Waals surface area (Å²) in [5.41, 5.74) is -0.242. The average molecular weight is 466 g/mol. The van der Waals surface area contributed by atoms with Gasteiger partial charge in [0.1, 0.15) is 5.75 Å². The lowest BCUT2D eigenvalue weighted by Crippen LogP contribution is -2.20. The number of amides is 1. The van der Waals surface area contributed by atoms with E-state index in [9.17, 15) is 18.0 Å². The number of anilines is 1. The fourth-order valence-corrected chi connectivity index (χ4v) is 4.57. The lowest BCUT2D eigenvalue weighted by atomic mass is 10.3. The molecule has 8 nitrogen and oxygen atoms in total. The lowest BCUT2D eigenvalue weighted by molar-refractivity contribution is -0.113. The quantitative estimate of drug-likeness (QED) is 0.406. The molecule has 0 spiro atoms. The molecule has 0 atom stereocenters. The fraction of sp³-hybridized carbons (Fsp3) is 0.105. The maximum atomic E-state index is 12.6. The van der Waals surface area contributed by atoms with Gasteiger partial charge in [-0.25, -0.2) is 13.4 Å². The Morgan fingerprint density at radius 2 is 1.97 bits per heavy atom. The topological polar surface area (TPSA) is 118 Å². The molecule has 156 valence electrons. The number of thioether (sulfide) groups is 1. The summed E-state index contributed by atoms with van der Waals surface area (Å²) in [6.07, 6.45) is 0.971. The summed E-state index contributed by atoms with van der Waals surface area (Å²) in [4.78, 5) is 30.1. The molecule has 0 bridgehead atoms. The highest BCUT2D eigenvalue weighted by Crippen LogP contribution is 2.22. The third-order valence-corrected chi connectivity index (χ3v) is 6.72. The number of carbonyl (C=O) groups is 1. The van der Waals surface area contributed by atoms with Gasteiger partial charge in [0.05, 0.1) is 24.0 Å². The minimum absolute atomic E-state index is 0.0324. The molecule has 11 heteroatoms. The van der Waals surface area contributed by atoms with Crippen LogP contribution in [0.25, 0.3) is 0 Å². The van der Waals surface area contributed by atoms with Crippen LogP contribution in [-0.2, 0) is 14.6 Å². The minimum Gasteiger partial charge on any atom is -0.497 e. The third kappa shape index (κ3) is 5.21. The van der Waals surface area contributed by atoms with Gasteiger partial charge in [0.15, 0.2) is 10.1 Å². The zero-order chi connectivity index (χ0) is 21.7. The molecule has 3 aromatic rings. The SMILES string of the molecule is COc1ccc(NC(=O)CSc2ncc(S(=O)(=O)c3cccc(Cl)c3)c(=O)[nH]2)cc1. The van der Waals surface area contributed by atoms with E-state index in [1.807, 2.05) is 0 Å². The number of carbonyl (C=O) groups excluding carboxylic acids is 1. The lowest BCUT2D eigenvalue weighted by Gasteiger charge is -2.07. The standard InChI is InChI=1S/C19H16ClN3O5S2/c1-28-14-7-5-13(6-8-14)22-17(24)11-29-19-21-10-16(18(25)23-19)30(26,27)15-4-2-3-12(20)9-15/h2-10H,11H2,1H3,(H,22,24)(H,21,23,25). The number of halogens is 1. The number of hydrogen-bond donors (Lipinski definition) is 2. The molecule has 0 aliphatic carbocycles. The Morgan fingerprint density at radius 3 is 2.60 bits per heavy atom. The van der Waals surface area contributed by atoms with Crippen LogP contribution >= 0.6 is 23.4 Å². The molecular formula is C19H16ClN3O5S2. The zero-order valence-electron chi connectivity index (χ0n) is 15.6. The Labute approximate surface area is 181 Å². The van der Waals surface area contributed by atoms with Crippen LogP contribution in [0, 0.1) is 0 Å². The number of aromatic nitrogens is 2. The molecule has 0 aliphatic rings. The molecule has 0 radical (unpaired) electrons. The fourth-order valence-electron chi connectivity index (χ4n) is 2.40. The van der Waals surface area contributed by atoms with Gasteiger partial charge in [0.25, 0.3) is 5.56 Å². The highest BCUT2D eigenvalue weighted by Gasteiger charge is 2.22. The largest absolute Gasteiger partial charge is 0.497 e. The number of ether oxygens (including phenoxy) is 1. The van der Waals surface area contributed by atoms with Gasteiger partial charge in [-0.15, -0.1) is 0 Å². The Morgan fingerprint density at radius 1 is 1.23 bits per heavy atom. The molecule has 0 saturated carbocycles. The van der Waals surface area contributed by atoms with E-state index in [1.54, 1.807) is 31.4 Å². The molecule has 0 saturated heterocycles. The van der Waals surface area contributed by atoms with E-state index in [4.69, 9.17) is 16.3 Å². The normalized spacial score (nSPS) is 11.1. The Kier molecular flexibility index (Phi) is 6.80. The maximum Gasteiger partial charge on any atom is 0.270 e. The Hall–Kier alpha value is -2.82. The van der Waals surface area contributed by atoms with E-state index in [0.29, 0.717) is 11.4 Å². The van der Waals surface area contributed by atoms with Gasteiger partial charge in [-0.05, 0) is 42.5 Å². The van der Waals surface area contributed by atoms with Gasteiger partial charge in [0, 0.05) is 10.7 Å². The number of nitrogens with zero attached hydrogens (tertiary/aromatic N) is 1. The highest BCUT2D eigenvalue weighted by atomic mass is 35.5. The van der Waals surface area contributed by atoms with E-state index < -0.39 is 20.3 Å². The molecule has 0 unspecified atom stereocenters. The summed E-state index contributed by atoms with van der Waals surface area (Å²) < 4.78 is 30.3. The van der Waals surface area contributed by atoms with Crippen molar-refractivity contribution in [3.63, 3.8) is 0 Å². The van der Waals surface area contributed by atoms with Crippen LogP contribution < -0.4 is 15.6 Å². The molecule has 1 amide bonds. The van der Waals surface area contributed by atoms with Gasteiger partial charge in [-0.3, -0.25) is 9.59 Å². The van der Waals surface area contributed by atoms with Crippen LogP contribution in [0.15, 0.2) is 74.5 Å². The number of hydrogen-bond acceptors (Lipinski definition) is 7. The molecule has 1 aromatic heterocycles. The summed E-state index contributed by atoms with van der Waals surface area (Å²) in [5, 5.41) is 3.05. The predicted octanol–water partition coefficient (Wildman–Crippen LogP) is 3.00. The molecule has 2 aromatic carbocycles. The van der Waals surface area contributed by atoms with Crippen molar-refractivity contribution in [1.29, 1.82) is 0 Å². The summed E-state index contributed by atoms with van der Waals surface area (Å²) in [6, 6.07) is 12.4. The Balaban J connectivity index is 1.68.